The minimum atomic E-state index is -0.751. The zero-order chi connectivity index (χ0) is 22.5. The SMILES string of the molecule is Cc1ccc(C(=O)NN2C[C@H](C(=O)OCC(=O)Nc3c(C)cccc3C)CC2=O)cc1. The first kappa shape index (κ1) is 22.0. The zero-order valence-electron chi connectivity index (χ0n) is 17.7. The second kappa shape index (κ2) is 9.42. The van der Waals surface area contributed by atoms with E-state index in [4.69, 9.17) is 4.74 Å². The lowest BCUT2D eigenvalue weighted by Crippen LogP contribution is -2.43. The van der Waals surface area contributed by atoms with Crippen LogP contribution in [0.25, 0.3) is 0 Å². The summed E-state index contributed by atoms with van der Waals surface area (Å²) in [6.45, 7) is 5.20. The molecule has 0 radical (unpaired) electrons. The summed E-state index contributed by atoms with van der Waals surface area (Å²) in [5, 5.41) is 3.86. The number of hydrogen-bond acceptors (Lipinski definition) is 5. The molecule has 3 rings (SSSR count). The van der Waals surface area contributed by atoms with Gasteiger partial charge in [0.25, 0.3) is 11.8 Å². The topological polar surface area (TPSA) is 105 Å². The molecule has 2 aromatic rings. The Balaban J connectivity index is 1.50. The van der Waals surface area contributed by atoms with Crippen LogP contribution in [0.4, 0.5) is 5.69 Å². The Morgan fingerprint density at radius 1 is 1.03 bits per heavy atom. The molecule has 2 N–H and O–H groups in total. The highest BCUT2D eigenvalue weighted by Gasteiger charge is 2.36. The molecule has 1 heterocycles. The van der Waals surface area contributed by atoms with Crippen molar-refractivity contribution in [3.63, 3.8) is 0 Å². The minimum Gasteiger partial charge on any atom is -0.455 e. The summed E-state index contributed by atoms with van der Waals surface area (Å²) in [6, 6.07) is 12.5. The van der Waals surface area contributed by atoms with Crippen molar-refractivity contribution in [2.24, 2.45) is 5.92 Å². The molecule has 8 nitrogen and oxygen atoms in total. The number of carbonyl (C=O) groups is 4. The van der Waals surface area contributed by atoms with E-state index in [2.05, 4.69) is 10.7 Å². The van der Waals surface area contributed by atoms with Crippen molar-refractivity contribution in [1.82, 2.24) is 10.4 Å². The first-order valence-electron chi connectivity index (χ1n) is 9.95. The fourth-order valence-corrected chi connectivity index (χ4v) is 3.31. The van der Waals surface area contributed by atoms with Crippen LogP contribution >= 0.6 is 0 Å². The monoisotopic (exact) mass is 423 g/mol. The van der Waals surface area contributed by atoms with E-state index >= 15 is 0 Å². The summed E-state index contributed by atoms with van der Waals surface area (Å²) in [4.78, 5) is 49.0. The van der Waals surface area contributed by atoms with Crippen molar-refractivity contribution < 1.29 is 23.9 Å². The van der Waals surface area contributed by atoms with Gasteiger partial charge in [0.2, 0.25) is 5.91 Å². The van der Waals surface area contributed by atoms with Gasteiger partial charge >= 0.3 is 5.97 Å². The van der Waals surface area contributed by atoms with Gasteiger partial charge in [-0.15, -0.1) is 0 Å². The average molecular weight is 423 g/mol. The molecule has 3 amide bonds. The van der Waals surface area contributed by atoms with Crippen LogP contribution in [0.15, 0.2) is 42.5 Å². The van der Waals surface area contributed by atoms with Crippen LogP contribution in [-0.2, 0) is 19.1 Å². The molecular weight excluding hydrogens is 398 g/mol. The Hall–Kier alpha value is -3.68. The third kappa shape index (κ3) is 5.48. The minimum absolute atomic E-state index is 0.00616. The maximum atomic E-state index is 12.3. The Labute approximate surface area is 180 Å². The standard InChI is InChI=1S/C23H25N3O5/c1-14-7-9-17(10-8-14)22(29)25-26-12-18(11-20(26)28)23(30)31-13-19(27)24-21-15(2)5-4-6-16(21)3/h4-10,18H,11-13H2,1-3H3,(H,24,27)(H,25,29)/t18-/m1/s1. The molecular formula is C23H25N3O5. The number of carbonyl (C=O) groups excluding carboxylic acids is 4. The summed E-state index contributed by atoms with van der Waals surface area (Å²) in [6.07, 6.45) is -0.0917. The second-order valence-corrected chi connectivity index (χ2v) is 7.64. The third-order valence-electron chi connectivity index (χ3n) is 5.10. The van der Waals surface area contributed by atoms with Crippen LogP contribution in [0.3, 0.4) is 0 Å². The number of esters is 1. The van der Waals surface area contributed by atoms with Crippen LogP contribution in [0, 0.1) is 26.7 Å². The normalized spacial score (nSPS) is 15.5. The number of ether oxygens (including phenoxy) is 1. The van der Waals surface area contributed by atoms with E-state index in [0.717, 1.165) is 21.7 Å². The lowest BCUT2D eigenvalue weighted by molar-refractivity contribution is -0.151. The summed E-state index contributed by atoms with van der Waals surface area (Å²) in [7, 11) is 0. The Morgan fingerprint density at radius 3 is 2.32 bits per heavy atom. The van der Waals surface area contributed by atoms with E-state index in [-0.39, 0.29) is 18.9 Å². The molecule has 0 spiro atoms. The fourth-order valence-electron chi connectivity index (χ4n) is 3.31. The van der Waals surface area contributed by atoms with Gasteiger partial charge in [-0.05, 0) is 44.0 Å². The van der Waals surface area contributed by atoms with Gasteiger partial charge in [0, 0.05) is 17.7 Å². The molecule has 0 saturated carbocycles. The first-order chi connectivity index (χ1) is 14.7. The van der Waals surface area contributed by atoms with Gasteiger partial charge in [0.15, 0.2) is 6.61 Å². The van der Waals surface area contributed by atoms with E-state index in [9.17, 15) is 19.2 Å². The number of anilines is 1. The fraction of sp³-hybridized carbons (Fsp3) is 0.304. The number of para-hydroxylation sites is 1. The van der Waals surface area contributed by atoms with Gasteiger partial charge in [0.1, 0.15) is 0 Å². The van der Waals surface area contributed by atoms with Crippen molar-refractivity contribution in [2.75, 3.05) is 18.5 Å². The van der Waals surface area contributed by atoms with E-state index in [1.807, 2.05) is 39.0 Å². The number of amides is 3. The van der Waals surface area contributed by atoms with Crippen LogP contribution < -0.4 is 10.7 Å². The Kier molecular flexibility index (Phi) is 6.69. The second-order valence-electron chi connectivity index (χ2n) is 7.64. The maximum Gasteiger partial charge on any atom is 0.311 e. The molecule has 1 aliphatic rings. The number of benzene rings is 2. The van der Waals surface area contributed by atoms with E-state index < -0.39 is 30.3 Å². The molecule has 1 atom stereocenters. The highest BCUT2D eigenvalue weighted by molar-refractivity contribution is 5.97. The van der Waals surface area contributed by atoms with Crippen LogP contribution in [-0.4, -0.2) is 41.9 Å². The highest BCUT2D eigenvalue weighted by Crippen LogP contribution is 2.20. The molecule has 31 heavy (non-hydrogen) atoms. The molecule has 1 saturated heterocycles. The molecule has 0 aromatic heterocycles. The van der Waals surface area contributed by atoms with Gasteiger partial charge in [-0.1, -0.05) is 35.9 Å². The molecule has 8 heteroatoms. The van der Waals surface area contributed by atoms with Gasteiger partial charge in [-0.2, -0.15) is 0 Å². The molecule has 0 bridgehead atoms. The predicted molar refractivity (Wildman–Crippen MR) is 114 cm³/mol. The van der Waals surface area contributed by atoms with Crippen molar-refractivity contribution in [3.8, 4) is 0 Å². The quantitative estimate of drug-likeness (QED) is 0.694. The third-order valence-corrected chi connectivity index (χ3v) is 5.10. The van der Waals surface area contributed by atoms with Gasteiger partial charge in [0.05, 0.1) is 12.5 Å². The Morgan fingerprint density at radius 2 is 1.68 bits per heavy atom. The molecule has 1 aliphatic heterocycles. The average Bonchev–Trinajstić information content (AvgIpc) is 3.10. The predicted octanol–water partition coefficient (Wildman–Crippen LogP) is 2.29. The number of nitrogens with zero attached hydrogens (tertiary/aromatic N) is 1. The summed E-state index contributed by atoms with van der Waals surface area (Å²) in [5.41, 5.74) is 6.43. The number of aryl methyl sites for hydroxylation is 3. The van der Waals surface area contributed by atoms with E-state index in [1.165, 1.54) is 0 Å². The van der Waals surface area contributed by atoms with Crippen LogP contribution in [0.2, 0.25) is 0 Å². The van der Waals surface area contributed by atoms with Crippen LogP contribution in [0.1, 0.15) is 33.5 Å². The summed E-state index contributed by atoms with van der Waals surface area (Å²) in [5.74, 6) is -2.69. The van der Waals surface area contributed by atoms with E-state index in [0.29, 0.717) is 11.3 Å². The molecule has 0 unspecified atom stereocenters. The zero-order valence-corrected chi connectivity index (χ0v) is 17.7. The highest BCUT2D eigenvalue weighted by atomic mass is 16.5. The number of nitrogens with one attached hydrogen (secondary N) is 2. The number of hydrogen-bond donors (Lipinski definition) is 2. The molecule has 0 aliphatic carbocycles. The van der Waals surface area contributed by atoms with Gasteiger partial charge < -0.3 is 10.1 Å². The molecule has 2 aromatic carbocycles. The van der Waals surface area contributed by atoms with E-state index in [1.54, 1.807) is 24.3 Å². The van der Waals surface area contributed by atoms with Gasteiger partial charge in [-0.25, -0.2) is 0 Å². The van der Waals surface area contributed by atoms with Gasteiger partial charge in [-0.3, -0.25) is 29.6 Å². The molecule has 162 valence electrons. The van der Waals surface area contributed by atoms with Crippen molar-refractivity contribution in [1.29, 1.82) is 0 Å². The van der Waals surface area contributed by atoms with Crippen molar-refractivity contribution in [2.45, 2.75) is 27.2 Å². The van der Waals surface area contributed by atoms with Crippen molar-refractivity contribution >= 4 is 29.4 Å². The van der Waals surface area contributed by atoms with Crippen molar-refractivity contribution in [3.05, 3.63) is 64.7 Å². The largest absolute Gasteiger partial charge is 0.455 e. The Bertz CT molecular complexity index is 996. The summed E-state index contributed by atoms with van der Waals surface area (Å²) >= 11 is 0. The summed E-state index contributed by atoms with van der Waals surface area (Å²) < 4.78 is 5.10. The number of hydrazine groups is 1. The first-order valence-corrected chi connectivity index (χ1v) is 9.95. The number of rotatable bonds is 6. The smallest absolute Gasteiger partial charge is 0.311 e. The lowest BCUT2D eigenvalue weighted by atomic mass is 10.1. The molecule has 1 fully saturated rings. The maximum absolute atomic E-state index is 12.3. The lowest BCUT2D eigenvalue weighted by Gasteiger charge is -2.17. The van der Waals surface area contributed by atoms with Crippen LogP contribution in [0.5, 0.6) is 0 Å².